The SMILES string of the molecule is CCCNc1cccc(C(=O)NCCc2ncn(C)n2)n1. The van der Waals surface area contributed by atoms with E-state index in [9.17, 15) is 4.79 Å². The Balaban J connectivity index is 1.85. The van der Waals surface area contributed by atoms with E-state index >= 15 is 0 Å². The van der Waals surface area contributed by atoms with Crippen LogP contribution in [0.5, 0.6) is 0 Å². The molecule has 0 aliphatic carbocycles. The van der Waals surface area contributed by atoms with E-state index < -0.39 is 0 Å². The van der Waals surface area contributed by atoms with Crippen LogP contribution in [0.1, 0.15) is 29.7 Å². The van der Waals surface area contributed by atoms with E-state index in [-0.39, 0.29) is 5.91 Å². The fraction of sp³-hybridized carbons (Fsp3) is 0.429. The first-order chi connectivity index (χ1) is 10.2. The molecule has 0 aliphatic heterocycles. The fourth-order valence-electron chi connectivity index (χ4n) is 1.79. The second-order valence-electron chi connectivity index (χ2n) is 4.68. The van der Waals surface area contributed by atoms with Crippen molar-refractivity contribution in [1.29, 1.82) is 0 Å². The van der Waals surface area contributed by atoms with Crippen molar-refractivity contribution in [3.8, 4) is 0 Å². The molecule has 1 amide bonds. The van der Waals surface area contributed by atoms with Crippen LogP contribution in [0.15, 0.2) is 24.5 Å². The van der Waals surface area contributed by atoms with Gasteiger partial charge in [-0.05, 0) is 18.6 Å². The average molecular weight is 288 g/mol. The zero-order valence-corrected chi connectivity index (χ0v) is 12.3. The van der Waals surface area contributed by atoms with Crippen molar-refractivity contribution >= 4 is 11.7 Å². The van der Waals surface area contributed by atoms with Crippen LogP contribution < -0.4 is 10.6 Å². The third-order valence-corrected chi connectivity index (χ3v) is 2.82. The Morgan fingerprint density at radius 2 is 2.19 bits per heavy atom. The molecule has 0 bridgehead atoms. The van der Waals surface area contributed by atoms with Crippen molar-refractivity contribution in [3.05, 3.63) is 36.0 Å². The first kappa shape index (κ1) is 15.0. The second-order valence-corrected chi connectivity index (χ2v) is 4.68. The van der Waals surface area contributed by atoms with Crippen molar-refractivity contribution in [2.45, 2.75) is 19.8 Å². The van der Waals surface area contributed by atoms with Crippen LogP contribution in [-0.4, -0.2) is 38.7 Å². The van der Waals surface area contributed by atoms with E-state index in [1.165, 1.54) is 0 Å². The van der Waals surface area contributed by atoms with Crippen LogP contribution in [0.25, 0.3) is 0 Å². The number of hydrogen-bond donors (Lipinski definition) is 2. The summed E-state index contributed by atoms with van der Waals surface area (Å²) in [5.74, 6) is 1.24. The number of nitrogens with zero attached hydrogens (tertiary/aromatic N) is 4. The number of anilines is 1. The van der Waals surface area contributed by atoms with Crippen molar-refractivity contribution in [2.24, 2.45) is 7.05 Å². The number of amides is 1. The van der Waals surface area contributed by atoms with E-state index in [1.54, 1.807) is 17.1 Å². The number of hydrogen-bond acceptors (Lipinski definition) is 5. The van der Waals surface area contributed by atoms with Gasteiger partial charge in [-0.1, -0.05) is 13.0 Å². The minimum atomic E-state index is -0.189. The van der Waals surface area contributed by atoms with Crippen molar-refractivity contribution in [1.82, 2.24) is 25.1 Å². The average Bonchev–Trinajstić information content (AvgIpc) is 2.91. The zero-order valence-electron chi connectivity index (χ0n) is 12.3. The maximum atomic E-state index is 12.0. The second kappa shape index (κ2) is 7.37. The molecule has 2 heterocycles. The van der Waals surface area contributed by atoms with Crippen molar-refractivity contribution in [3.63, 3.8) is 0 Å². The smallest absolute Gasteiger partial charge is 0.269 e. The van der Waals surface area contributed by atoms with E-state index in [0.717, 1.165) is 18.8 Å². The highest BCUT2D eigenvalue weighted by Crippen LogP contribution is 2.04. The third-order valence-electron chi connectivity index (χ3n) is 2.82. The Morgan fingerprint density at radius 3 is 2.90 bits per heavy atom. The minimum Gasteiger partial charge on any atom is -0.370 e. The highest BCUT2D eigenvalue weighted by Gasteiger charge is 2.08. The number of carbonyl (C=O) groups is 1. The van der Waals surface area contributed by atoms with Gasteiger partial charge in [-0.25, -0.2) is 9.97 Å². The normalized spacial score (nSPS) is 10.4. The van der Waals surface area contributed by atoms with Crippen LogP contribution >= 0.6 is 0 Å². The minimum absolute atomic E-state index is 0.189. The highest BCUT2D eigenvalue weighted by atomic mass is 16.1. The van der Waals surface area contributed by atoms with E-state index in [1.807, 2.05) is 19.2 Å². The maximum Gasteiger partial charge on any atom is 0.269 e. The molecule has 2 aromatic rings. The van der Waals surface area contributed by atoms with Crippen molar-refractivity contribution < 1.29 is 4.79 Å². The molecule has 7 heteroatoms. The van der Waals surface area contributed by atoms with Gasteiger partial charge in [-0.2, -0.15) is 5.10 Å². The summed E-state index contributed by atoms with van der Waals surface area (Å²) in [4.78, 5) is 20.4. The molecule has 0 saturated carbocycles. The number of rotatable bonds is 7. The molecule has 2 rings (SSSR count). The molecule has 0 fully saturated rings. The Hall–Kier alpha value is -2.44. The molecule has 7 nitrogen and oxygen atoms in total. The van der Waals surface area contributed by atoms with Gasteiger partial charge in [0, 0.05) is 26.6 Å². The van der Waals surface area contributed by atoms with Gasteiger partial charge in [-0.3, -0.25) is 9.48 Å². The summed E-state index contributed by atoms with van der Waals surface area (Å²) in [5.41, 5.74) is 0.407. The van der Waals surface area contributed by atoms with Gasteiger partial charge in [0.05, 0.1) is 0 Å². The topological polar surface area (TPSA) is 84.7 Å². The molecule has 21 heavy (non-hydrogen) atoms. The predicted octanol–water partition coefficient (Wildman–Crippen LogP) is 1.00. The Bertz CT molecular complexity index is 595. The first-order valence-corrected chi connectivity index (χ1v) is 7.02. The van der Waals surface area contributed by atoms with Crippen LogP contribution in [0.2, 0.25) is 0 Å². The maximum absolute atomic E-state index is 12.0. The summed E-state index contributed by atoms with van der Waals surface area (Å²) in [7, 11) is 1.81. The lowest BCUT2D eigenvalue weighted by Gasteiger charge is -2.06. The van der Waals surface area contributed by atoms with Gasteiger partial charge >= 0.3 is 0 Å². The van der Waals surface area contributed by atoms with Crippen LogP contribution in [-0.2, 0) is 13.5 Å². The van der Waals surface area contributed by atoms with Crippen LogP contribution in [0.3, 0.4) is 0 Å². The van der Waals surface area contributed by atoms with Crippen LogP contribution in [0, 0.1) is 0 Å². The molecule has 0 saturated heterocycles. The summed E-state index contributed by atoms with van der Waals surface area (Å²) in [6, 6.07) is 5.37. The molecule has 2 N–H and O–H groups in total. The monoisotopic (exact) mass is 288 g/mol. The third kappa shape index (κ3) is 4.55. The summed E-state index contributed by atoms with van der Waals surface area (Å²) in [6.45, 7) is 3.40. The van der Waals surface area contributed by atoms with E-state index in [2.05, 4.69) is 32.6 Å². The lowest BCUT2D eigenvalue weighted by atomic mass is 10.3. The van der Waals surface area contributed by atoms with E-state index in [0.29, 0.717) is 24.5 Å². The van der Waals surface area contributed by atoms with Crippen LogP contribution in [0.4, 0.5) is 5.82 Å². The molecule has 2 aromatic heterocycles. The number of aryl methyl sites for hydroxylation is 1. The molecule has 0 atom stereocenters. The first-order valence-electron chi connectivity index (χ1n) is 7.02. The molecule has 0 aliphatic rings. The summed E-state index contributed by atoms with van der Waals surface area (Å²) in [5, 5.41) is 10.1. The Labute approximate surface area is 123 Å². The quantitative estimate of drug-likeness (QED) is 0.794. The molecular weight excluding hydrogens is 268 g/mol. The fourth-order valence-corrected chi connectivity index (χ4v) is 1.79. The number of pyridine rings is 1. The molecule has 0 unspecified atom stereocenters. The molecule has 0 aromatic carbocycles. The number of nitrogens with one attached hydrogen (secondary N) is 2. The van der Waals surface area contributed by atoms with E-state index in [4.69, 9.17) is 0 Å². The summed E-state index contributed by atoms with van der Waals surface area (Å²) >= 11 is 0. The van der Waals surface area contributed by atoms with Gasteiger partial charge < -0.3 is 10.6 Å². The Morgan fingerprint density at radius 1 is 1.33 bits per heavy atom. The lowest BCUT2D eigenvalue weighted by molar-refractivity contribution is 0.0949. The van der Waals surface area contributed by atoms with Gasteiger partial charge in [0.2, 0.25) is 0 Å². The number of aromatic nitrogens is 4. The van der Waals surface area contributed by atoms with Gasteiger partial charge in [0.15, 0.2) is 5.82 Å². The van der Waals surface area contributed by atoms with Gasteiger partial charge in [0.1, 0.15) is 17.8 Å². The molecular formula is C14H20N6O. The van der Waals surface area contributed by atoms with Gasteiger partial charge in [-0.15, -0.1) is 0 Å². The standard InChI is InChI=1S/C14H20N6O/c1-3-8-15-12-6-4-5-11(18-12)14(21)16-9-7-13-17-10-20(2)19-13/h4-6,10H,3,7-9H2,1-2H3,(H,15,18)(H,16,21). The molecule has 0 radical (unpaired) electrons. The lowest BCUT2D eigenvalue weighted by Crippen LogP contribution is -2.27. The number of carbonyl (C=O) groups excluding carboxylic acids is 1. The van der Waals surface area contributed by atoms with Gasteiger partial charge in [0.25, 0.3) is 5.91 Å². The largest absolute Gasteiger partial charge is 0.370 e. The zero-order chi connectivity index (χ0) is 15.1. The Kier molecular flexibility index (Phi) is 5.25. The highest BCUT2D eigenvalue weighted by molar-refractivity contribution is 5.92. The van der Waals surface area contributed by atoms with Crippen molar-refractivity contribution in [2.75, 3.05) is 18.4 Å². The molecule has 0 spiro atoms. The predicted molar refractivity (Wildman–Crippen MR) is 80.1 cm³/mol. The summed E-state index contributed by atoms with van der Waals surface area (Å²) in [6.07, 6.45) is 3.25. The molecule has 112 valence electrons. The summed E-state index contributed by atoms with van der Waals surface area (Å²) < 4.78 is 1.64.